The molecular weight excluding hydrogens is 260 g/mol. The molecule has 0 spiro atoms. The number of benzene rings is 1. The monoisotopic (exact) mass is 276 g/mol. The van der Waals surface area contributed by atoms with Crippen LogP contribution < -0.4 is 10.6 Å². The van der Waals surface area contributed by atoms with E-state index in [9.17, 15) is 14.4 Å². The van der Waals surface area contributed by atoms with E-state index in [1.807, 2.05) is 6.07 Å². The highest BCUT2D eigenvalue weighted by Gasteiger charge is 2.28. The summed E-state index contributed by atoms with van der Waals surface area (Å²) in [5.41, 5.74) is 1.22. The third-order valence-corrected chi connectivity index (χ3v) is 3.11. The quantitative estimate of drug-likeness (QED) is 0.778. The lowest BCUT2D eigenvalue weighted by Gasteiger charge is -2.22. The van der Waals surface area contributed by atoms with Gasteiger partial charge in [-0.2, -0.15) is 0 Å². The van der Waals surface area contributed by atoms with Gasteiger partial charge in [-0.3, -0.25) is 19.7 Å². The van der Waals surface area contributed by atoms with Gasteiger partial charge in [0.1, 0.15) is 6.04 Å². The second-order valence-electron chi connectivity index (χ2n) is 4.57. The van der Waals surface area contributed by atoms with E-state index in [0.29, 0.717) is 18.6 Å². The van der Waals surface area contributed by atoms with Gasteiger partial charge < -0.3 is 10.1 Å². The number of methoxy groups -OCH3 is 1. The molecule has 0 bridgehead atoms. The first-order valence-corrected chi connectivity index (χ1v) is 6.33. The van der Waals surface area contributed by atoms with Crippen LogP contribution >= 0.6 is 0 Å². The van der Waals surface area contributed by atoms with Gasteiger partial charge in [0.25, 0.3) is 5.91 Å². The molecule has 0 radical (unpaired) electrons. The summed E-state index contributed by atoms with van der Waals surface area (Å²) in [4.78, 5) is 34.9. The maximum Gasteiger partial charge on any atom is 0.252 e. The van der Waals surface area contributed by atoms with Crippen molar-refractivity contribution in [1.29, 1.82) is 0 Å². The number of hydrogen-bond acceptors (Lipinski definition) is 4. The fraction of sp³-hybridized carbons (Fsp3) is 0.357. The highest BCUT2D eigenvalue weighted by molar-refractivity contribution is 6.04. The summed E-state index contributed by atoms with van der Waals surface area (Å²) in [7, 11) is 1.55. The molecule has 1 saturated heterocycles. The first kappa shape index (κ1) is 14.2. The van der Waals surface area contributed by atoms with Crippen LogP contribution in [-0.2, 0) is 20.9 Å². The molecule has 0 saturated carbocycles. The molecular formula is C14H16N2O4. The van der Waals surface area contributed by atoms with E-state index in [0.717, 1.165) is 5.56 Å². The number of carbonyl (C=O) groups excluding carboxylic acids is 3. The zero-order valence-electron chi connectivity index (χ0n) is 11.1. The van der Waals surface area contributed by atoms with Crippen molar-refractivity contribution >= 4 is 17.7 Å². The average Bonchev–Trinajstić information content (AvgIpc) is 2.43. The Hall–Kier alpha value is -2.21. The highest BCUT2D eigenvalue weighted by atomic mass is 16.5. The Morgan fingerprint density at radius 1 is 1.40 bits per heavy atom. The van der Waals surface area contributed by atoms with E-state index in [4.69, 9.17) is 4.74 Å². The maximum absolute atomic E-state index is 12.2. The summed E-state index contributed by atoms with van der Waals surface area (Å²) in [6.07, 6.45) is 0.555. The van der Waals surface area contributed by atoms with E-state index in [1.54, 1.807) is 25.3 Å². The maximum atomic E-state index is 12.2. The number of piperidine rings is 1. The highest BCUT2D eigenvalue weighted by Crippen LogP contribution is 2.11. The molecule has 1 aromatic rings. The molecule has 1 fully saturated rings. The molecule has 1 aliphatic rings. The first-order chi connectivity index (χ1) is 9.61. The lowest BCUT2D eigenvalue weighted by atomic mass is 10.0. The van der Waals surface area contributed by atoms with Crippen LogP contribution in [0.5, 0.6) is 0 Å². The lowest BCUT2D eigenvalue weighted by Crippen LogP contribution is -2.52. The summed E-state index contributed by atoms with van der Waals surface area (Å²) in [6, 6.07) is 6.37. The molecule has 1 heterocycles. The molecule has 0 aliphatic carbocycles. The predicted molar refractivity (Wildman–Crippen MR) is 70.8 cm³/mol. The SMILES string of the molecule is COCc1ccccc1C(=O)NC1CCC(=O)NC1=O. The van der Waals surface area contributed by atoms with Crippen LogP contribution in [0.4, 0.5) is 0 Å². The van der Waals surface area contributed by atoms with Gasteiger partial charge in [0.05, 0.1) is 6.61 Å². The van der Waals surface area contributed by atoms with Gasteiger partial charge in [-0.1, -0.05) is 18.2 Å². The Kier molecular flexibility index (Phi) is 4.47. The summed E-state index contributed by atoms with van der Waals surface area (Å²) >= 11 is 0. The summed E-state index contributed by atoms with van der Waals surface area (Å²) in [6.45, 7) is 0.318. The number of amides is 3. The van der Waals surface area contributed by atoms with Crippen molar-refractivity contribution in [1.82, 2.24) is 10.6 Å². The first-order valence-electron chi connectivity index (χ1n) is 6.33. The molecule has 0 aromatic heterocycles. The van der Waals surface area contributed by atoms with E-state index in [2.05, 4.69) is 10.6 Å². The minimum atomic E-state index is -0.671. The van der Waals surface area contributed by atoms with Crippen molar-refractivity contribution in [2.45, 2.75) is 25.5 Å². The Bertz CT molecular complexity index is 542. The Labute approximate surface area is 116 Å². The van der Waals surface area contributed by atoms with Crippen LogP contribution in [-0.4, -0.2) is 30.9 Å². The number of nitrogens with one attached hydrogen (secondary N) is 2. The minimum Gasteiger partial charge on any atom is -0.380 e. The van der Waals surface area contributed by atoms with Crippen molar-refractivity contribution in [3.05, 3.63) is 35.4 Å². The van der Waals surface area contributed by atoms with Gasteiger partial charge in [-0.15, -0.1) is 0 Å². The van der Waals surface area contributed by atoms with Crippen LogP contribution in [0.2, 0.25) is 0 Å². The molecule has 1 aliphatic heterocycles. The van der Waals surface area contributed by atoms with Gasteiger partial charge in [0.15, 0.2) is 0 Å². The van der Waals surface area contributed by atoms with E-state index in [-0.39, 0.29) is 18.2 Å². The molecule has 1 aromatic carbocycles. The summed E-state index contributed by atoms with van der Waals surface area (Å²) in [5.74, 6) is -1.11. The van der Waals surface area contributed by atoms with Crippen LogP contribution in [0, 0.1) is 0 Å². The topological polar surface area (TPSA) is 84.5 Å². The molecule has 1 atom stereocenters. The summed E-state index contributed by atoms with van der Waals surface area (Å²) in [5, 5.41) is 4.85. The number of imide groups is 1. The Morgan fingerprint density at radius 3 is 2.85 bits per heavy atom. The van der Waals surface area contributed by atoms with Crippen LogP contribution in [0.3, 0.4) is 0 Å². The molecule has 106 valence electrons. The number of carbonyl (C=O) groups is 3. The lowest BCUT2D eigenvalue weighted by molar-refractivity contribution is -0.134. The van der Waals surface area contributed by atoms with Gasteiger partial charge in [-0.25, -0.2) is 0 Å². The van der Waals surface area contributed by atoms with Crippen molar-refractivity contribution in [3.63, 3.8) is 0 Å². The zero-order valence-corrected chi connectivity index (χ0v) is 11.1. The molecule has 1 unspecified atom stereocenters. The largest absolute Gasteiger partial charge is 0.380 e. The standard InChI is InChI=1S/C14H16N2O4/c1-20-8-9-4-2-3-5-10(9)13(18)15-11-6-7-12(17)16-14(11)19/h2-5,11H,6-8H2,1H3,(H,15,18)(H,16,17,19). The molecule has 6 heteroatoms. The molecule has 6 nitrogen and oxygen atoms in total. The molecule has 2 N–H and O–H groups in total. The number of hydrogen-bond donors (Lipinski definition) is 2. The number of ether oxygens (including phenoxy) is 1. The van der Waals surface area contributed by atoms with Gasteiger partial charge in [0.2, 0.25) is 11.8 Å². The van der Waals surface area contributed by atoms with E-state index < -0.39 is 11.9 Å². The van der Waals surface area contributed by atoms with Crippen LogP contribution in [0.1, 0.15) is 28.8 Å². The fourth-order valence-electron chi connectivity index (χ4n) is 2.09. The normalized spacial score (nSPS) is 18.6. The van der Waals surface area contributed by atoms with Crippen molar-refractivity contribution < 1.29 is 19.1 Å². The molecule has 20 heavy (non-hydrogen) atoms. The van der Waals surface area contributed by atoms with Crippen LogP contribution in [0.15, 0.2) is 24.3 Å². The smallest absolute Gasteiger partial charge is 0.252 e. The fourth-order valence-corrected chi connectivity index (χ4v) is 2.09. The molecule has 2 rings (SSSR count). The summed E-state index contributed by atoms with van der Waals surface area (Å²) < 4.78 is 5.04. The van der Waals surface area contributed by atoms with Crippen molar-refractivity contribution in [2.24, 2.45) is 0 Å². The van der Waals surface area contributed by atoms with Crippen LogP contribution in [0.25, 0.3) is 0 Å². The third-order valence-electron chi connectivity index (χ3n) is 3.11. The number of rotatable bonds is 4. The Morgan fingerprint density at radius 2 is 2.15 bits per heavy atom. The van der Waals surface area contributed by atoms with Gasteiger partial charge >= 0.3 is 0 Å². The van der Waals surface area contributed by atoms with Crippen molar-refractivity contribution in [2.75, 3.05) is 7.11 Å². The predicted octanol–water partition coefficient (Wildman–Crippen LogP) is 0.368. The van der Waals surface area contributed by atoms with Gasteiger partial charge in [0, 0.05) is 19.1 Å². The average molecular weight is 276 g/mol. The zero-order chi connectivity index (χ0) is 14.5. The third kappa shape index (κ3) is 3.21. The Balaban J connectivity index is 2.08. The minimum absolute atomic E-state index is 0.233. The second-order valence-corrected chi connectivity index (χ2v) is 4.57. The van der Waals surface area contributed by atoms with E-state index >= 15 is 0 Å². The molecule has 3 amide bonds. The van der Waals surface area contributed by atoms with Crippen molar-refractivity contribution in [3.8, 4) is 0 Å². The second kappa shape index (κ2) is 6.29. The van der Waals surface area contributed by atoms with E-state index in [1.165, 1.54) is 0 Å². The van der Waals surface area contributed by atoms with Gasteiger partial charge in [-0.05, 0) is 18.1 Å².